The normalized spacial score (nSPS) is 13.7. The Morgan fingerprint density at radius 1 is 1.25 bits per heavy atom. The Balaban J connectivity index is 4.81. The second-order valence-corrected chi connectivity index (χ2v) is 3.79. The topological polar surface area (TPSA) is 43.4 Å². The fourth-order valence-electron chi connectivity index (χ4n) is 1.19. The van der Waals surface area contributed by atoms with Gasteiger partial charge >= 0.3 is 12.1 Å². The molecule has 16 heavy (non-hydrogen) atoms. The number of carbonyl (C=O) groups is 2. The number of carbonyl (C=O) groups excluding carboxylic acids is 2. The van der Waals surface area contributed by atoms with E-state index in [1.165, 1.54) is 6.92 Å². The van der Waals surface area contributed by atoms with Gasteiger partial charge in [0.15, 0.2) is 5.78 Å². The van der Waals surface area contributed by atoms with Gasteiger partial charge in [0.1, 0.15) is 0 Å². The molecule has 6 heteroatoms. The molecular formula is C10H15F3O3. The van der Waals surface area contributed by atoms with Crippen molar-refractivity contribution in [3.05, 3.63) is 0 Å². The van der Waals surface area contributed by atoms with E-state index in [-0.39, 0.29) is 18.9 Å². The van der Waals surface area contributed by atoms with Crippen molar-refractivity contribution in [1.82, 2.24) is 0 Å². The van der Waals surface area contributed by atoms with Gasteiger partial charge in [-0.15, -0.1) is 0 Å². The SMILES string of the molecule is CCOC(=O)C(C(=O)CC(C)C)C(F)(F)F. The van der Waals surface area contributed by atoms with Crippen molar-refractivity contribution in [2.45, 2.75) is 33.4 Å². The van der Waals surface area contributed by atoms with Crippen LogP contribution in [0.2, 0.25) is 0 Å². The highest BCUT2D eigenvalue weighted by atomic mass is 19.4. The molecule has 3 nitrogen and oxygen atoms in total. The van der Waals surface area contributed by atoms with Gasteiger partial charge in [0, 0.05) is 6.42 Å². The van der Waals surface area contributed by atoms with Gasteiger partial charge in [0.25, 0.3) is 0 Å². The zero-order valence-corrected chi connectivity index (χ0v) is 9.43. The van der Waals surface area contributed by atoms with Crippen molar-refractivity contribution in [2.75, 3.05) is 6.61 Å². The van der Waals surface area contributed by atoms with E-state index < -0.39 is 23.8 Å². The van der Waals surface area contributed by atoms with Crippen LogP contribution >= 0.6 is 0 Å². The molecule has 0 fully saturated rings. The summed E-state index contributed by atoms with van der Waals surface area (Å²) in [6.45, 7) is 4.42. The van der Waals surface area contributed by atoms with Crippen LogP contribution in [0.3, 0.4) is 0 Å². The van der Waals surface area contributed by atoms with E-state index in [4.69, 9.17) is 0 Å². The Kier molecular flexibility index (Phi) is 5.47. The molecule has 0 saturated carbocycles. The summed E-state index contributed by atoms with van der Waals surface area (Å²) in [6.07, 6.45) is -5.17. The first-order valence-electron chi connectivity index (χ1n) is 4.96. The molecule has 1 unspecified atom stereocenters. The Morgan fingerprint density at radius 3 is 2.06 bits per heavy atom. The van der Waals surface area contributed by atoms with Gasteiger partial charge in [-0.05, 0) is 12.8 Å². The quantitative estimate of drug-likeness (QED) is 0.547. The van der Waals surface area contributed by atoms with Crippen molar-refractivity contribution in [2.24, 2.45) is 11.8 Å². The van der Waals surface area contributed by atoms with E-state index in [1.807, 2.05) is 0 Å². The standard InChI is InChI=1S/C10H15F3O3/c1-4-16-9(15)8(10(11,12)13)7(14)5-6(2)3/h6,8H,4-5H2,1-3H3. The fourth-order valence-corrected chi connectivity index (χ4v) is 1.19. The minimum Gasteiger partial charge on any atom is -0.465 e. The Labute approximate surface area is 92.0 Å². The molecule has 0 rings (SSSR count). The van der Waals surface area contributed by atoms with Crippen molar-refractivity contribution >= 4 is 11.8 Å². The lowest BCUT2D eigenvalue weighted by Gasteiger charge is -2.18. The van der Waals surface area contributed by atoms with E-state index >= 15 is 0 Å². The molecule has 0 heterocycles. The average molecular weight is 240 g/mol. The van der Waals surface area contributed by atoms with Gasteiger partial charge in [-0.25, -0.2) is 0 Å². The van der Waals surface area contributed by atoms with Gasteiger partial charge in [-0.1, -0.05) is 13.8 Å². The third-order valence-electron chi connectivity index (χ3n) is 1.78. The summed E-state index contributed by atoms with van der Waals surface area (Å²) < 4.78 is 41.7. The van der Waals surface area contributed by atoms with Crippen molar-refractivity contribution in [3.63, 3.8) is 0 Å². The maximum atomic E-state index is 12.5. The van der Waals surface area contributed by atoms with Gasteiger partial charge in [0.05, 0.1) is 6.61 Å². The second-order valence-electron chi connectivity index (χ2n) is 3.79. The molecule has 0 amide bonds. The summed E-state index contributed by atoms with van der Waals surface area (Å²) >= 11 is 0. The number of rotatable bonds is 5. The van der Waals surface area contributed by atoms with Crippen molar-refractivity contribution in [1.29, 1.82) is 0 Å². The minimum absolute atomic E-state index is 0.180. The Morgan fingerprint density at radius 2 is 1.75 bits per heavy atom. The Hall–Kier alpha value is -1.07. The van der Waals surface area contributed by atoms with Gasteiger partial charge in [-0.2, -0.15) is 13.2 Å². The number of ketones is 1. The lowest BCUT2D eigenvalue weighted by molar-refractivity contribution is -0.198. The highest BCUT2D eigenvalue weighted by Gasteiger charge is 2.50. The average Bonchev–Trinajstić information content (AvgIpc) is 1.99. The van der Waals surface area contributed by atoms with E-state index in [2.05, 4.69) is 4.74 Å². The first-order chi connectivity index (χ1) is 7.20. The highest BCUT2D eigenvalue weighted by Crippen LogP contribution is 2.29. The van der Waals surface area contributed by atoms with Crippen LogP contribution in [0.4, 0.5) is 13.2 Å². The van der Waals surface area contributed by atoms with Crippen LogP contribution in [0.1, 0.15) is 27.2 Å². The number of ether oxygens (including phenoxy) is 1. The van der Waals surface area contributed by atoms with Gasteiger partial charge < -0.3 is 4.74 Å². The fraction of sp³-hybridized carbons (Fsp3) is 0.800. The molecule has 0 aromatic carbocycles. The van der Waals surface area contributed by atoms with Crippen LogP contribution in [-0.2, 0) is 14.3 Å². The number of hydrogen-bond acceptors (Lipinski definition) is 3. The summed E-state index contributed by atoms with van der Waals surface area (Å²) in [6, 6.07) is 0. The molecule has 0 aliphatic rings. The van der Waals surface area contributed by atoms with E-state index in [0.29, 0.717) is 0 Å². The van der Waals surface area contributed by atoms with Crippen molar-refractivity contribution < 1.29 is 27.5 Å². The molecular weight excluding hydrogens is 225 g/mol. The first-order valence-corrected chi connectivity index (χ1v) is 4.96. The summed E-state index contributed by atoms with van der Waals surface area (Å²) in [5.41, 5.74) is 0. The molecule has 0 radical (unpaired) electrons. The monoisotopic (exact) mass is 240 g/mol. The number of Topliss-reactive ketones (excluding diaryl/α,β-unsaturated/α-hetero) is 1. The minimum atomic E-state index is -4.88. The molecule has 0 aliphatic heterocycles. The molecule has 94 valence electrons. The predicted molar refractivity (Wildman–Crippen MR) is 50.6 cm³/mol. The van der Waals surface area contributed by atoms with Crippen LogP contribution in [0.25, 0.3) is 0 Å². The molecule has 0 aliphatic carbocycles. The smallest absolute Gasteiger partial charge is 0.409 e. The molecule has 0 aromatic heterocycles. The van der Waals surface area contributed by atoms with Crippen LogP contribution < -0.4 is 0 Å². The van der Waals surface area contributed by atoms with Crippen LogP contribution in [0.15, 0.2) is 0 Å². The van der Waals surface area contributed by atoms with Gasteiger partial charge in [0.2, 0.25) is 5.92 Å². The highest BCUT2D eigenvalue weighted by molar-refractivity contribution is 5.99. The number of alkyl halides is 3. The van der Waals surface area contributed by atoms with E-state index in [1.54, 1.807) is 13.8 Å². The Bertz CT molecular complexity index is 259. The number of hydrogen-bond donors (Lipinski definition) is 0. The number of esters is 1. The van der Waals surface area contributed by atoms with Crippen molar-refractivity contribution in [3.8, 4) is 0 Å². The first kappa shape index (κ1) is 14.9. The maximum Gasteiger partial charge on any atom is 0.409 e. The lowest BCUT2D eigenvalue weighted by Crippen LogP contribution is -2.39. The lowest BCUT2D eigenvalue weighted by atomic mass is 9.96. The van der Waals surface area contributed by atoms with E-state index in [9.17, 15) is 22.8 Å². The number of halogens is 3. The molecule has 0 spiro atoms. The molecule has 0 saturated heterocycles. The molecule has 0 N–H and O–H groups in total. The van der Waals surface area contributed by atoms with E-state index in [0.717, 1.165) is 0 Å². The zero-order valence-electron chi connectivity index (χ0n) is 9.43. The third-order valence-corrected chi connectivity index (χ3v) is 1.78. The summed E-state index contributed by atoms with van der Waals surface area (Å²) in [4.78, 5) is 22.3. The predicted octanol–water partition coefficient (Wildman–Crippen LogP) is 2.34. The van der Waals surface area contributed by atoms with Crippen LogP contribution in [0.5, 0.6) is 0 Å². The summed E-state index contributed by atoms with van der Waals surface area (Å²) in [5, 5.41) is 0. The third kappa shape index (κ3) is 4.63. The van der Waals surface area contributed by atoms with Crippen LogP contribution in [0, 0.1) is 11.8 Å². The molecule has 1 atom stereocenters. The molecule has 0 bridgehead atoms. The summed E-state index contributed by atoms with van der Waals surface area (Å²) in [7, 11) is 0. The van der Waals surface area contributed by atoms with Gasteiger partial charge in [-0.3, -0.25) is 9.59 Å². The maximum absolute atomic E-state index is 12.5. The van der Waals surface area contributed by atoms with Crippen LogP contribution in [-0.4, -0.2) is 24.5 Å². The molecule has 0 aromatic rings. The summed E-state index contributed by atoms with van der Waals surface area (Å²) in [5.74, 6) is -5.52. The zero-order chi connectivity index (χ0) is 12.9. The second kappa shape index (κ2) is 5.86. The largest absolute Gasteiger partial charge is 0.465 e.